The van der Waals surface area contributed by atoms with Crippen molar-refractivity contribution in [3.63, 3.8) is 0 Å². The largest absolute Gasteiger partial charge is 0.466 e. The molecule has 1 fully saturated rings. The second kappa shape index (κ2) is 9.82. The molecule has 0 saturated heterocycles. The molecule has 1 aromatic heterocycles. The molecule has 0 radical (unpaired) electrons. The molecule has 30 heavy (non-hydrogen) atoms. The van der Waals surface area contributed by atoms with Crippen LogP contribution in [0.1, 0.15) is 65.2 Å². The van der Waals surface area contributed by atoms with Crippen LogP contribution in [-0.4, -0.2) is 17.7 Å². The normalized spacial score (nSPS) is 13.6. The van der Waals surface area contributed by atoms with Crippen LogP contribution in [0.2, 0.25) is 0 Å². The predicted molar refractivity (Wildman–Crippen MR) is 111 cm³/mol. The molecule has 0 aliphatic heterocycles. The Bertz CT molecular complexity index is 884. The Hall–Kier alpha value is -2.77. The summed E-state index contributed by atoms with van der Waals surface area (Å²) < 4.78 is 21.5. The summed E-state index contributed by atoms with van der Waals surface area (Å²) in [5.41, 5.74) is -1.22. The summed E-state index contributed by atoms with van der Waals surface area (Å²) >= 11 is 0. The van der Waals surface area contributed by atoms with Crippen molar-refractivity contribution in [3.8, 4) is 5.75 Å². The molecule has 1 saturated carbocycles. The summed E-state index contributed by atoms with van der Waals surface area (Å²) in [5, 5.41) is 2.33. The van der Waals surface area contributed by atoms with Gasteiger partial charge in [-0.1, -0.05) is 13.8 Å². The van der Waals surface area contributed by atoms with E-state index < -0.39 is 17.3 Å². The van der Waals surface area contributed by atoms with Crippen LogP contribution in [-0.2, 0) is 16.0 Å². The molecular weight excluding hydrogens is 390 g/mol. The standard InChI is InChI=1S/C22H31NO7/c1-13(2)7-10-16-14(3)28-20(25)17(23-21(26)30-22(4,5)6)11-27-12-18(16)29-19(24)15-8-9-15/h11-13,15H,7-10H2,1-6H3,(H,23,26). The van der Waals surface area contributed by atoms with E-state index in [1.54, 1.807) is 27.7 Å². The van der Waals surface area contributed by atoms with E-state index in [1.807, 2.05) is 0 Å². The van der Waals surface area contributed by atoms with E-state index in [4.69, 9.17) is 18.3 Å². The maximum absolute atomic E-state index is 12.6. The molecule has 0 spiro atoms. The van der Waals surface area contributed by atoms with Crippen molar-refractivity contribution in [3.05, 3.63) is 34.3 Å². The second-order valence-corrected chi connectivity index (χ2v) is 8.83. The average Bonchev–Trinajstić information content (AvgIpc) is 3.42. The maximum atomic E-state index is 12.6. The molecule has 1 amide bonds. The number of amides is 1. The van der Waals surface area contributed by atoms with Gasteiger partial charge in [-0.2, -0.15) is 0 Å². The van der Waals surface area contributed by atoms with Crippen LogP contribution in [0.15, 0.2) is 26.2 Å². The first-order valence-corrected chi connectivity index (χ1v) is 10.2. The highest BCUT2D eigenvalue weighted by atomic mass is 16.6. The SMILES string of the molecule is Cc1oc(=O)c(NC(=O)OC(C)(C)C)cocc(OC(=O)C2CC2)c1CCC(C)C. The number of hydrogen-bond acceptors (Lipinski definition) is 7. The number of ether oxygens (including phenoxy) is 2. The minimum Gasteiger partial charge on any atom is -0.466 e. The molecule has 1 aliphatic carbocycles. The Balaban J connectivity index is 2.46. The third kappa shape index (κ3) is 7.57. The van der Waals surface area contributed by atoms with Crippen LogP contribution in [0, 0.1) is 18.8 Å². The molecule has 1 N–H and O–H groups in total. The quantitative estimate of drug-likeness (QED) is 0.650. The Morgan fingerprint density at radius 2 is 1.90 bits per heavy atom. The van der Waals surface area contributed by atoms with Gasteiger partial charge in [-0.05, 0) is 59.3 Å². The van der Waals surface area contributed by atoms with E-state index in [0.717, 1.165) is 25.5 Å². The average molecular weight is 421 g/mol. The van der Waals surface area contributed by atoms with Crippen LogP contribution in [0.5, 0.6) is 5.75 Å². The van der Waals surface area contributed by atoms with Crippen LogP contribution >= 0.6 is 0 Å². The highest BCUT2D eigenvalue weighted by Gasteiger charge is 2.32. The first-order valence-electron chi connectivity index (χ1n) is 10.2. The lowest BCUT2D eigenvalue weighted by atomic mass is 10.0. The topological polar surface area (TPSA) is 108 Å². The van der Waals surface area contributed by atoms with Gasteiger partial charge in [-0.25, -0.2) is 9.59 Å². The zero-order valence-electron chi connectivity index (χ0n) is 18.5. The minimum absolute atomic E-state index is 0.104. The Morgan fingerprint density at radius 1 is 1.23 bits per heavy atom. The summed E-state index contributed by atoms with van der Waals surface area (Å²) in [4.78, 5) is 36.8. The van der Waals surface area contributed by atoms with Gasteiger partial charge in [-0.15, -0.1) is 0 Å². The number of hydrogen-bond donors (Lipinski definition) is 1. The van der Waals surface area contributed by atoms with Gasteiger partial charge in [0, 0.05) is 5.56 Å². The van der Waals surface area contributed by atoms with Gasteiger partial charge in [-0.3, -0.25) is 10.1 Å². The third-order valence-corrected chi connectivity index (χ3v) is 4.28. The summed E-state index contributed by atoms with van der Waals surface area (Å²) in [6.45, 7) is 10.9. The lowest BCUT2D eigenvalue weighted by Crippen LogP contribution is -2.28. The fourth-order valence-corrected chi connectivity index (χ4v) is 2.53. The Labute approximate surface area is 176 Å². The van der Waals surface area contributed by atoms with E-state index in [1.165, 1.54) is 6.26 Å². The van der Waals surface area contributed by atoms with Gasteiger partial charge in [0.25, 0.3) is 0 Å². The summed E-state index contributed by atoms with van der Waals surface area (Å²) in [7, 11) is 0. The van der Waals surface area contributed by atoms with E-state index in [9.17, 15) is 14.4 Å². The summed E-state index contributed by atoms with van der Waals surface area (Å²) in [6, 6.07) is 0. The molecule has 1 heterocycles. The molecule has 166 valence electrons. The number of carbonyl (C=O) groups excluding carboxylic acids is 2. The molecule has 0 bridgehead atoms. The van der Waals surface area contributed by atoms with Crippen molar-refractivity contribution in [2.75, 3.05) is 5.32 Å². The predicted octanol–water partition coefficient (Wildman–Crippen LogP) is 4.92. The lowest BCUT2D eigenvalue weighted by molar-refractivity contribution is -0.135. The van der Waals surface area contributed by atoms with Crippen molar-refractivity contribution in [1.29, 1.82) is 0 Å². The van der Waals surface area contributed by atoms with Crippen LogP contribution in [0.25, 0.3) is 0 Å². The minimum atomic E-state index is -0.820. The number of carbonyl (C=O) groups is 2. The smallest absolute Gasteiger partial charge is 0.412 e. The van der Waals surface area contributed by atoms with Crippen molar-refractivity contribution in [2.24, 2.45) is 11.8 Å². The van der Waals surface area contributed by atoms with Crippen LogP contribution in [0.3, 0.4) is 0 Å². The number of esters is 1. The zero-order chi connectivity index (χ0) is 22.5. The number of aryl methyl sites for hydroxylation is 1. The van der Waals surface area contributed by atoms with Crippen molar-refractivity contribution in [2.45, 2.75) is 72.8 Å². The zero-order valence-corrected chi connectivity index (χ0v) is 18.5. The van der Waals surface area contributed by atoms with Crippen molar-refractivity contribution >= 4 is 17.7 Å². The van der Waals surface area contributed by atoms with E-state index in [-0.39, 0.29) is 29.1 Å². The van der Waals surface area contributed by atoms with Crippen LogP contribution in [0.4, 0.5) is 10.5 Å². The highest BCUT2D eigenvalue weighted by Crippen LogP contribution is 2.32. The van der Waals surface area contributed by atoms with Gasteiger partial charge in [0.05, 0.1) is 5.92 Å². The van der Waals surface area contributed by atoms with Gasteiger partial charge >= 0.3 is 17.7 Å². The lowest BCUT2D eigenvalue weighted by Gasteiger charge is -2.19. The van der Waals surface area contributed by atoms with Gasteiger partial charge in [0.1, 0.15) is 23.9 Å². The summed E-state index contributed by atoms with van der Waals surface area (Å²) in [5.74, 6) is 0.428. The van der Waals surface area contributed by atoms with Crippen LogP contribution < -0.4 is 15.7 Å². The first kappa shape index (κ1) is 23.5. The third-order valence-electron chi connectivity index (χ3n) is 4.28. The molecular formula is C22H31NO7. The maximum Gasteiger partial charge on any atom is 0.412 e. The summed E-state index contributed by atoms with van der Waals surface area (Å²) in [6.07, 6.45) is 4.37. The number of anilines is 1. The van der Waals surface area contributed by atoms with Crippen molar-refractivity contribution in [1.82, 2.24) is 0 Å². The van der Waals surface area contributed by atoms with Gasteiger partial charge in [0.15, 0.2) is 11.4 Å². The molecule has 2 rings (SSSR count). The number of rotatable bonds is 6. The molecule has 1 aliphatic rings. The highest BCUT2D eigenvalue weighted by molar-refractivity contribution is 5.84. The molecule has 8 nitrogen and oxygen atoms in total. The molecule has 0 unspecified atom stereocenters. The molecule has 1 aromatic rings. The monoisotopic (exact) mass is 421 g/mol. The first-order chi connectivity index (χ1) is 14.0. The van der Waals surface area contributed by atoms with E-state index >= 15 is 0 Å². The molecule has 8 heteroatoms. The molecule has 0 aromatic carbocycles. The molecule has 0 atom stereocenters. The van der Waals surface area contributed by atoms with E-state index in [2.05, 4.69) is 19.2 Å². The fraction of sp³-hybridized carbons (Fsp3) is 0.591. The van der Waals surface area contributed by atoms with Gasteiger partial charge < -0.3 is 18.3 Å². The second-order valence-electron chi connectivity index (χ2n) is 8.83. The fourth-order valence-electron chi connectivity index (χ4n) is 2.53. The van der Waals surface area contributed by atoms with Crippen molar-refractivity contribution < 1.29 is 27.9 Å². The Kier molecular flexibility index (Phi) is 7.70. The number of nitrogens with one attached hydrogen (secondary N) is 1. The van der Waals surface area contributed by atoms with E-state index in [0.29, 0.717) is 17.9 Å². The Morgan fingerprint density at radius 3 is 2.47 bits per heavy atom. The van der Waals surface area contributed by atoms with Gasteiger partial charge in [0.2, 0.25) is 0 Å².